The Balaban J connectivity index is 1.72. The van der Waals surface area contributed by atoms with Crippen molar-refractivity contribution in [3.05, 3.63) is 64.1 Å². The van der Waals surface area contributed by atoms with Crippen molar-refractivity contribution in [1.29, 1.82) is 0 Å². The van der Waals surface area contributed by atoms with E-state index in [0.29, 0.717) is 12.8 Å². The third-order valence-corrected chi connectivity index (χ3v) is 4.59. The average Bonchev–Trinajstić information content (AvgIpc) is 2.78. The monoisotopic (exact) mass is 345 g/mol. The number of halogens is 1. The smallest absolute Gasteiger partial charge is 0.225 e. The van der Waals surface area contributed by atoms with Gasteiger partial charge in [0.1, 0.15) is 0 Å². The topological polar surface area (TPSA) is 49.3 Å². The van der Waals surface area contributed by atoms with E-state index >= 15 is 0 Å². The highest BCUT2D eigenvalue weighted by Crippen LogP contribution is 2.36. The molecule has 108 valence electrons. The molecular formula is C17H16BrNO2. The highest BCUT2D eigenvalue weighted by Gasteiger charge is 2.32. The van der Waals surface area contributed by atoms with Gasteiger partial charge in [0, 0.05) is 16.8 Å². The van der Waals surface area contributed by atoms with Crippen LogP contribution in [-0.4, -0.2) is 17.1 Å². The number of hydrogen-bond donors (Lipinski definition) is 2. The number of aliphatic hydroxyl groups is 1. The summed E-state index contributed by atoms with van der Waals surface area (Å²) in [5, 5.41) is 13.1. The summed E-state index contributed by atoms with van der Waals surface area (Å²) in [6, 6.07) is 15.4. The number of para-hydroxylation sites is 1. The first-order chi connectivity index (χ1) is 10.1. The molecule has 2 atom stereocenters. The quantitative estimate of drug-likeness (QED) is 0.894. The van der Waals surface area contributed by atoms with Crippen LogP contribution in [0.4, 0.5) is 5.69 Å². The molecule has 0 bridgehead atoms. The lowest BCUT2D eigenvalue weighted by molar-refractivity contribution is -0.117. The number of nitrogens with one attached hydrogen (secondary N) is 1. The molecule has 0 fully saturated rings. The number of fused-ring (bicyclic) bond motifs is 1. The molecule has 0 unspecified atom stereocenters. The van der Waals surface area contributed by atoms with Crippen LogP contribution in [-0.2, 0) is 11.2 Å². The molecular weight excluding hydrogens is 330 g/mol. The summed E-state index contributed by atoms with van der Waals surface area (Å²) in [7, 11) is 0. The zero-order chi connectivity index (χ0) is 14.8. The van der Waals surface area contributed by atoms with Crippen molar-refractivity contribution in [2.24, 2.45) is 0 Å². The molecule has 21 heavy (non-hydrogen) atoms. The van der Waals surface area contributed by atoms with Gasteiger partial charge in [-0.05, 0) is 45.6 Å². The second-order valence-corrected chi connectivity index (χ2v) is 6.16. The van der Waals surface area contributed by atoms with Crippen LogP contribution in [0.1, 0.15) is 23.5 Å². The minimum absolute atomic E-state index is 0.0809. The van der Waals surface area contributed by atoms with Crippen LogP contribution in [0.15, 0.2) is 53.0 Å². The van der Waals surface area contributed by atoms with Crippen LogP contribution in [0.25, 0.3) is 0 Å². The van der Waals surface area contributed by atoms with Gasteiger partial charge in [0.2, 0.25) is 5.91 Å². The summed E-state index contributed by atoms with van der Waals surface area (Å²) in [5.74, 6) is -0.202. The van der Waals surface area contributed by atoms with E-state index in [9.17, 15) is 9.90 Å². The molecule has 0 radical (unpaired) electrons. The highest BCUT2D eigenvalue weighted by molar-refractivity contribution is 9.10. The number of hydrogen-bond acceptors (Lipinski definition) is 2. The van der Waals surface area contributed by atoms with Gasteiger partial charge in [-0.1, -0.05) is 36.4 Å². The Morgan fingerprint density at radius 2 is 1.90 bits per heavy atom. The van der Waals surface area contributed by atoms with Crippen LogP contribution >= 0.6 is 15.9 Å². The molecule has 4 heteroatoms. The van der Waals surface area contributed by atoms with E-state index in [2.05, 4.69) is 21.2 Å². The first-order valence-corrected chi connectivity index (χ1v) is 7.74. The fraction of sp³-hybridized carbons (Fsp3) is 0.235. The predicted octanol–water partition coefficient (Wildman–Crippen LogP) is 3.48. The van der Waals surface area contributed by atoms with Crippen LogP contribution < -0.4 is 5.32 Å². The number of carbonyl (C=O) groups is 1. The maximum atomic E-state index is 12.2. The van der Waals surface area contributed by atoms with Gasteiger partial charge >= 0.3 is 0 Å². The third kappa shape index (κ3) is 3.01. The van der Waals surface area contributed by atoms with E-state index in [1.54, 1.807) is 0 Å². The van der Waals surface area contributed by atoms with Gasteiger partial charge in [0.25, 0.3) is 0 Å². The maximum absolute atomic E-state index is 12.2. The zero-order valence-electron chi connectivity index (χ0n) is 11.4. The van der Waals surface area contributed by atoms with Crippen molar-refractivity contribution in [1.82, 2.24) is 0 Å². The summed E-state index contributed by atoms with van der Waals surface area (Å²) in [4.78, 5) is 12.2. The summed E-state index contributed by atoms with van der Waals surface area (Å²) in [6.45, 7) is 0. The number of amides is 1. The minimum Gasteiger partial charge on any atom is -0.392 e. The van der Waals surface area contributed by atoms with Gasteiger partial charge in [-0.25, -0.2) is 0 Å². The number of anilines is 1. The van der Waals surface area contributed by atoms with E-state index < -0.39 is 6.10 Å². The van der Waals surface area contributed by atoms with Gasteiger partial charge in [-0.15, -0.1) is 0 Å². The molecule has 3 rings (SSSR count). The van der Waals surface area contributed by atoms with Crippen molar-refractivity contribution in [2.45, 2.75) is 24.9 Å². The fourth-order valence-corrected chi connectivity index (χ4v) is 3.25. The SMILES string of the molecule is O=C(C[C@H]1c2ccccc2C[C@H]1O)Nc1ccccc1Br. The molecule has 3 nitrogen and oxygen atoms in total. The Morgan fingerprint density at radius 1 is 1.19 bits per heavy atom. The molecule has 2 N–H and O–H groups in total. The first-order valence-electron chi connectivity index (χ1n) is 6.95. The van der Waals surface area contributed by atoms with E-state index in [-0.39, 0.29) is 11.8 Å². The van der Waals surface area contributed by atoms with E-state index in [1.807, 2.05) is 48.5 Å². The lowest BCUT2D eigenvalue weighted by atomic mass is 9.96. The average molecular weight is 346 g/mol. The Hall–Kier alpha value is -1.65. The second-order valence-electron chi connectivity index (χ2n) is 5.31. The largest absolute Gasteiger partial charge is 0.392 e. The van der Waals surface area contributed by atoms with Crippen molar-refractivity contribution in [3.63, 3.8) is 0 Å². The van der Waals surface area contributed by atoms with E-state index in [0.717, 1.165) is 21.3 Å². The molecule has 1 amide bonds. The normalized spacial score (nSPS) is 20.1. The summed E-state index contributed by atoms with van der Waals surface area (Å²) in [6.07, 6.45) is 0.440. The van der Waals surface area contributed by atoms with Crippen LogP contribution in [0.3, 0.4) is 0 Å². The molecule has 0 aromatic heterocycles. The second kappa shape index (κ2) is 6.00. The lowest BCUT2D eigenvalue weighted by Gasteiger charge is -2.16. The molecule has 0 heterocycles. The van der Waals surface area contributed by atoms with E-state index in [4.69, 9.17) is 0 Å². The number of benzene rings is 2. The van der Waals surface area contributed by atoms with Crippen molar-refractivity contribution in [3.8, 4) is 0 Å². The summed E-state index contributed by atoms with van der Waals surface area (Å²) in [5.41, 5.74) is 2.99. The Kier molecular flexibility index (Phi) is 4.08. The highest BCUT2D eigenvalue weighted by atomic mass is 79.9. The lowest BCUT2D eigenvalue weighted by Crippen LogP contribution is -2.21. The predicted molar refractivity (Wildman–Crippen MR) is 86.3 cm³/mol. The Morgan fingerprint density at radius 3 is 2.71 bits per heavy atom. The van der Waals surface area contributed by atoms with Crippen molar-refractivity contribution in [2.75, 3.05) is 5.32 Å². The number of aliphatic hydroxyl groups excluding tert-OH is 1. The molecule has 0 saturated carbocycles. The van der Waals surface area contributed by atoms with Gasteiger partial charge in [0.05, 0.1) is 11.8 Å². The first kappa shape index (κ1) is 14.3. The Labute approximate surface area is 132 Å². The van der Waals surface area contributed by atoms with E-state index in [1.165, 1.54) is 0 Å². The number of rotatable bonds is 3. The standard InChI is InChI=1S/C17H16BrNO2/c18-14-7-3-4-8-15(14)19-17(21)10-13-12-6-2-1-5-11(12)9-16(13)20/h1-8,13,16,20H,9-10H2,(H,19,21)/t13-,16+/m0/s1. The van der Waals surface area contributed by atoms with Crippen LogP contribution in [0.2, 0.25) is 0 Å². The minimum atomic E-state index is -0.479. The third-order valence-electron chi connectivity index (χ3n) is 3.90. The summed E-state index contributed by atoms with van der Waals surface area (Å²) >= 11 is 3.41. The molecule has 2 aromatic rings. The summed E-state index contributed by atoms with van der Waals surface area (Å²) < 4.78 is 0.853. The van der Waals surface area contributed by atoms with Crippen LogP contribution in [0, 0.1) is 0 Å². The molecule has 1 aliphatic carbocycles. The molecule has 0 aliphatic heterocycles. The number of carbonyl (C=O) groups excluding carboxylic acids is 1. The fourth-order valence-electron chi connectivity index (χ4n) is 2.87. The molecule has 1 aliphatic rings. The van der Waals surface area contributed by atoms with Crippen molar-refractivity contribution < 1.29 is 9.90 Å². The maximum Gasteiger partial charge on any atom is 0.225 e. The Bertz CT molecular complexity index is 671. The molecule has 2 aromatic carbocycles. The van der Waals surface area contributed by atoms with Crippen LogP contribution in [0.5, 0.6) is 0 Å². The van der Waals surface area contributed by atoms with Gasteiger partial charge in [-0.2, -0.15) is 0 Å². The van der Waals surface area contributed by atoms with Gasteiger partial charge < -0.3 is 10.4 Å². The van der Waals surface area contributed by atoms with Crippen molar-refractivity contribution >= 4 is 27.5 Å². The van der Waals surface area contributed by atoms with Gasteiger partial charge in [-0.3, -0.25) is 4.79 Å². The zero-order valence-corrected chi connectivity index (χ0v) is 13.0. The molecule has 0 spiro atoms. The van der Waals surface area contributed by atoms with Gasteiger partial charge in [0.15, 0.2) is 0 Å². The molecule has 0 saturated heterocycles.